The van der Waals surface area contributed by atoms with Crippen molar-refractivity contribution in [3.63, 3.8) is 0 Å². The lowest BCUT2D eigenvalue weighted by atomic mass is 10.2. The molecule has 112 valence electrons. The number of carbonyl (C=O) groups excluding carboxylic acids is 1. The van der Waals surface area contributed by atoms with E-state index in [4.69, 9.17) is 4.74 Å². The summed E-state index contributed by atoms with van der Waals surface area (Å²) in [5.41, 5.74) is -0.257. The van der Waals surface area contributed by atoms with Crippen LogP contribution in [0.1, 0.15) is 34.6 Å². The largest absolute Gasteiger partial charge is 0.443 e. The van der Waals surface area contributed by atoms with Crippen LogP contribution in [0.2, 0.25) is 0 Å². The fraction of sp³-hybridized carbons (Fsp3) is 0.500. The molecule has 0 aliphatic rings. The Labute approximate surface area is 119 Å². The van der Waals surface area contributed by atoms with Crippen LogP contribution in [-0.4, -0.2) is 23.7 Å². The van der Waals surface area contributed by atoms with Gasteiger partial charge in [0, 0.05) is 19.2 Å². The zero-order valence-corrected chi connectivity index (χ0v) is 12.8. The van der Waals surface area contributed by atoms with Crippen molar-refractivity contribution in [2.24, 2.45) is 0 Å². The van der Waals surface area contributed by atoms with Gasteiger partial charge in [-0.1, -0.05) is 19.9 Å². The number of ether oxygens (including phenoxy) is 1. The van der Waals surface area contributed by atoms with Crippen LogP contribution in [0.15, 0.2) is 24.3 Å². The number of nitrogens with zero attached hydrogens (tertiary/aromatic N) is 2. The SMILES string of the molecule is CC.CN(C(=O)OC(C)(C)C)c1cccc([N+](=O)[O-])c1. The average Bonchev–Trinajstić information content (AvgIpc) is 2.38. The van der Waals surface area contributed by atoms with E-state index in [1.54, 1.807) is 26.8 Å². The van der Waals surface area contributed by atoms with E-state index < -0.39 is 16.6 Å². The minimum absolute atomic E-state index is 0.0668. The van der Waals surface area contributed by atoms with Crippen LogP contribution in [0.3, 0.4) is 0 Å². The van der Waals surface area contributed by atoms with Crippen molar-refractivity contribution in [1.82, 2.24) is 0 Å². The van der Waals surface area contributed by atoms with Crippen LogP contribution in [0.4, 0.5) is 16.2 Å². The number of amides is 1. The quantitative estimate of drug-likeness (QED) is 0.607. The van der Waals surface area contributed by atoms with E-state index in [9.17, 15) is 14.9 Å². The fourth-order valence-electron chi connectivity index (χ4n) is 1.25. The molecule has 0 aliphatic carbocycles. The molecule has 0 atom stereocenters. The summed E-state index contributed by atoms with van der Waals surface area (Å²) >= 11 is 0. The van der Waals surface area contributed by atoms with E-state index >= 15 is 0 Å². The molecule has 0 N–H and O–H groups in total. The zero-order valence-electron chi connectivity index (χ0n) is 12.8. The monoisotopic (exact) mass is 282 g/mol. The highest BCUT2D eigenvalue weighted by Crippen LogP contribution is 2.21. The number of hydrogen-bond acceptors (Lipinski definition) is 4. The molecule has 6 nitrogen and oxygen atoms in total. The van der Waals surface area contributed by atoms with Gasteiger partial charge in [0.25, 0.3) is 5.69 Å². The highest BCUT2D eigenvalue weighted by molar-refractivity contribution is 5.87. The number of rotatable bonds is 2. The molecule has 0 aromatic heterocycles. The Balaban J connectivity index is 0.00000172. The summed E-state index contributed by atoms with van der Waals surface area (Å²) in [4.78, 5) is 23.1. The van der Waals surface area contributed by atoms with Crippen LogP contribution in [0.5, 0.6) is 0 Å². The molecule has 1 aromatic rings. The molecule has 1 rings (SSSR count). The van der Waals surface area contributed by atoms with E-state index in [1.807, 2.05) is 13.8 Å². The van der Waals surface area contributed by atoms with E-state index in [-0.39, 0.29) is 5.69 Å². The second-order valence-corrected chi connectivity index (χ2v) is 4.82. The number of non-ortho nitro benzene ring substituents is 1. The summed E-state index contributed by atoms with van der Waals surface area (Å²) in [5, 5.41) is 10.6. The number of nitro groups is 1. The molecule has 20 heavy (non-hydrogen) atoms. The maximum Gasteiger partial charge on any atom is 0.414 e. The Bertz CT molecular complexity index is 466. The Morgan fingerprint density at radius 3 is 2.30 bits per heavy atom. The number of carbonyl (C=O) groups is 1. The van der Waals surface area contributed by atoms with E-state index in [0.29, 0.717) is 5.69 Å². The Morgan fingerprint density at radius 1 is 1.30 bits per heavy atom. The molecule has 0 radical (unpaired) electrons. The Morgan fingerprint density at radius 2 is 1.85 bits per heavy atom. The molecule has 0 unspecified atom stereocenters. The average molecular weight is 282 g/mol. The molecular formula is C14H22N2O4. The van der Waals surface area contributed by atoms with Gasteiger partial charge in [0.1, 0.15) is 5.60 Å². The maximum atomic E-state index is 11.8. The smallest absolute Gasteiger partial charge is 0.414 e. The molecule has 0 saturated carbocycles. The molecule has 0 spiro atoms. The van der Waals surface area contributed by atoms with Gasteiger partial charge in [-0.05, 0) is 26.8 Å². The molecule has 1 amide bonds. The summed E-state index contributed by atoms with van der Waals surface area (Å²) < 4.78 is 5.17. The lowest BCUT2D eigenvalue weighted by molar-refractivity contribution is -0.384. The second kappa shape index (κ2) is 7.47. The number of benzene rings is 1. The molecule has 0 aliphatic heterocycles. The number of anilines is 1. The summed E-state index contributed by atoms with van der Waals surface area (Å²) in [6.45, 7) is 9.27. The van der Waals surface area contributed by atoms with Gasteiger partial charge in [-0.25, -0.2) is 4.79 Å². The van der Waals surface area contributed by atoms with Crippen molar-refractivity contribution in [1.29, 1.82) is 0 Å². The topological polar surface area (TPSA) is 72.7 Å². The minimum atomic E-state index is -0.605. The normalized spacial score (nSPS) is 10.1. The summed E-state index contributed by atoms with van der Waals surface area (Å²) in [7, 11) is 1.51. The minimum Gasteiger partial charge on any atom is -0.443 e. The van der Waals surface area contributed by atoms with E-state index in [0.717, 1.165) is 0 Å². The molecular weight excluding hydrogens is 260 g/mol. The van der Waals surface area contributed by atoms with E-state index in [1.165, 1.54) is 30.1 Å². The zero-order chi connectivity index (χ0) is 15.9. The molecule has 0 heterocycles. The van der Waals surface area contributed by atoms with Gasteiger partial charge < -0.3 is 4.74 Å². The third kappa shape index (κ3) is 5.69. The molecule has 1 aromatic carbocycles. The lowest BCUT2D eigenvalue weighted by Crippen LogP contribution is -2.34. The third-order valence-corrected chi connectivity index (χ3v) is 2.10. The van der Waals surface area contributed by atoms with Crippen molar-refractivity contribution in [3.05, 3.63) is 34.4 Å². The van der Waals surface area contributed by atoms with Crippen LogP contribution < -0.4 is 4.90 Å². The standard InChI is InChI=1S/C12H16N2O4.C2H6/c1-12(2,3)18-11(15)13(4)9-6-5-7-10(8-9)14(16)17;1-2/h5-8H,1-4H3;1-2H3. The molecule has 0 bridgehead atoms. The number of nitro benzene ring substituents is 1. The van der Waals surface area contributed by atoms with Gasteiger partial charge >= 0.3 is 6.09 Å². The first-order chi connectivity index (χ1) is 9.20. The molecule has 0 saturated heterocycles. The maximum absolute atomic E-state index is 11.8. The molecule has 0 fully saturated rings. The fourth-order valence-corrected chi connectivity index (χ4v) is 1.25. The molecule has 6 heteroatoms. The third-order valence-electron chi connectivity index (χ3n) is 2.10. The Hall–Kier alpha value is -2.11. The van der Waals surface area contributed by atoms with Crippen LogP contribution in [0, 0.1) is 10.1 Å². The van der Waals surface area contributed by atoms with Crippen molar-refractivity contribution in [2.45, 2.75) is 40.2 Å². The van der Waals surface area contributed by atoms with Gasteiger partial charge in [-0.2, -0.15) is 0 Å². The van der Waals surface area contributed by atoms with Crippen LogP contribution >= 0.6 is 0 Å². The van der Waals surface area contributed by atoms with Crippen LogP contribution in [0.25, 0.3) is 0 Å². The predicted molar refractivity (Wildman–Crippen MR) is 79.1 cm³/mol. The predicted octanol–water partition coefficient (Wildman–Crippen LogP) is 3.99. The van der Waals surface area contributed by atoms with Crippen LogP contribution in [-0.2, 0) is 4.74 Å². The first-order valence-corrected chi connectivity index (χ1v) is 6.42. The lowest BCUT2D eigenvalue weighted by Gasteiger charge is -2.24. The summed E-state index contributed by atoms with van der Waals surface area (Å²) in [5.74, 6) is 0. The first-order valence-electron chi connectivity index (χ1n) is 6.42. The van der Waals surface area contributed by atoms with Gasteiger partial charge in [0.15, 0.2) is 0 Å². The van der Waals surface area contributed by atoms with Gasteiger partial charge in [0.2, 0.25) is 0 Å². The van der Waals surface area contributed by atoms with Crippen molar-refractivity contribution in [2.75, 3.05) is 11.9 Å². The Kier molecular flexibility index (Phi) is 6.68. The highest BCUT2D eigenvalue weighted by atomic mass is 16.6. The van der Waals surface area contributed by atoms with E-state index in [2.05, 4.69) is 0 Å². The summed E-state index contributed by atoms with van der Waals surface area (Å²) in [6.07, 6.45) is -0.553. The van der Waals surface area contributed by atoms with Crippen molar-refractivity contribution < 1.29 is 14.5 Å². The second-order valence-electron chi connectivity index (χ2n) is 4.82. The first kappa shape index (κ1) is 17.9. The van der Waals surface area contributed by atoms with Crippen molar-refractivity contribution in [3.8, 4) is 0 Å². The van der Waals surface area contributed by atoms with Crippen molar-refractivity contribution >= 4 is 17.5 Å². The van der Waals surface area contributed by atoms with Gasteiger partial charge in [0.05, 0.1) is 10.6 Å². The highest BCUT2D eigenvalue weighted by Gasteiger charge is 2.21. The van der Waals surface area contributed by atoms with Gasteiger partial charge in [-0.15, -0.1) is 0 Å². The summed E-state index contributed by atoms with van der Waals surface area (Å²) in [6, 6.07) is 5.82. The number of hydrogen-bond donors (Lipinski definition) is 0. The van der Waals surface area contributed by atoms with Gasteiger partial charge in [-0.3, -0.25) is 15.0 Å².